The standard InChI is InChI=1S/C15H19IO3/c1-18-14-8-3-7(13(14)16)11-6-2-5(10(8)11)9-4-19-15(17)12(6)9/h5-14H,2-4H2,1H3. The molecule has 1 aliphatic heterocycles. The number of alkyl halides is 1. The van der Waals surface area contributed by atoms with Crippen LogP contribution in [0.15, 0.2) is 0 Å². The van der Waals surface area contributed by atoms with Crippen molar-refractivity contribution in [1.29, 1.82) is 0 Å². The molecule has 1 heterocycles. The van der Waals surface area contributed by atoms with Crippen molar-refractivity contribution in [2.45, 2.75) is 22.9 Å². The van der Waals surface area contributed by atoms with Gasteiger partial charge < -0.3 is 9.47 Å². The minimum absolute atomic E-state index is 0.118. The van der Waals surface area contributed by atoms with E-state index < -0.39 is 0 Å². The molecule has 1 saturated heterocycles. The fraction of sp³-hybridized carbons (Fsp3) is 0.933. The number of hydrogen-bond acceptors (Lipinski definition) is 3. The molecule has 3 nitrogen and oxygen atoms in total. The van der Waals surface area contributed by atoms with Crippen LogP contribution in [0.4, 0.5) is 0 Å². The molecule has 104 valence electrons. The van der Waals surface area contributed by atoms with Gasteiger partial charge in [-0.15, -0.1) is 0 Å². The fourth-order valence-corrected chi connectivity index (χ4v) is 8.40. The highest BCUT2D eigenvalue weighted by Gasteiger charge is 2.72. The highest BCUT2D eigenvalue weighted by molar-refractivity contribution is 14.1. The van der Waals surface area contributed by atoms with Gasteiger partial charge in [-0.1, -0.05) is 22.6 Å². The van der Waals surface area contributed by atoms with E-state index in [-0.39, 0.29) is 11.9 Å². The Labute approximate surface area is 126 Å². The minimum atomic E-state index is 0.118. The summed E-state index contributed by atoms with van der Waals surface area (Å²) in [6.45, 7) is 0.705. The van der Waals surface area contributed by atoms with E-state index in [0.29, 0.717) is 28.5 Å². The Hall–Kier alpha value is 0.160. The number of fused-ring (bicyclic) bond motifs is 12. The number of rotatable bonds is 1. The molecular formula is C15H19IO3. The zero-order chi connectivity index (χ0) is 12.9. The molecule has 5 fully saturated rings. The van der Waals surface area contributed by atoms with Crippen LogP contribution in [0.5, 0.6) is 0 Å². The predicted octanol–water partition coefficient (Wildman–Crippen LogP) is 2.13. The molecule has 0 aromatic heterocycles. The number of carbonyl (C=O) groups is 1. The normalized spacial score (nSPS) is 64.4. The number of carbonyl (C=O) groups excluding carboxylic acids is 1. The molecule has 10 atom stereocenters. The maximum Gasteiger partial charge on any atom is 0.309 e. The van der Waals surface area contributed by atoms with Gasteiger partial charge >= 0.3 is 5.97 Å². The van der Waals surface area contributed by atoms with Gasteiger partial charge in [0, 0.05) is 17.0 Å². The smallest absolute Gasteiger partial charge is 0.309 e. The van der Waals surface area contributed by atoms with Crippen LogP contribution in [0, 0.1) is 47.3 Å². The first kappa shape index (κ1) is 11.8. The van der Waals surface area contributed by atoms with Gasteiger partial charge in [0.1, 0.15) is 0 Å². The van der Waals surface area contributed by atoms with Crippen molar-refractivity contribution in [1.82, 2.24) is 0 Å². The Kier molecular flexibility index (Phi) is 2.28. The van der Waals surface area contributed by atoms with Crippen LogP contribution >= 0.6 is 22.6 Å². The lowest BCUT2D eigenvalue weighted by Gasteiger charge is -2.43. The molecule has 5 rings (SSSR count). The number of esters is 1. The lowest BCUT2D eigenvalue weighted by atomic mass is 9.63. The van der Waals surface area contributed by atoms with Crippen molar-refractivity contribution < 1.29 is 14.3 Å². The summed E-state index contributed by atoms with van der Waals surface area (Å²) in [7, 11) is 1.88. The highest BCUT2D eigenvalue weighted by atomic mass is 127. The first-order chi connectivity index (χ1) is 9.22. The topological polar surface area (TPSA) is 35.5 Å². The van der Waals surface area contributed by atoms with Gasteiger partial charge in [0.2, 0.25) is 0 Å². The highest BCUT2D eigenvalue weighted by Crippen LogP contribution is 2.72. The van der Waals surface area contributed by atoms with E-state index in [1.165, 1.54) is 12.8 Å². The Morgan fingerprint density at radius 3 is 2.63 bits per heavy atom. The number of halogens is 1. The second kappa shape index (κ2) is 3.67. The van der Waals surface area contributed by atoms with E-state index in [0.717, 1.165) is 29.6 Å². The maximum absolute atomic E-state index is 12.0. The molecule has 4 bridgehead atoms. The van der Waals surface area contributed by atoms with Crippen LogP contribution in [-0.2, 0) is 14.3 Å². The second-order valence-corrected chi connectivity index (χ2v) is 8.68. The zero-order valence-corrected chi connectivity index (χ0v) is 13.2. The number of ether oxygens (including phenoxy) is 2. The summed E-state index contributed by atoms with van der Waals surface area (Å²) in [6, 6.07) is 0. The van der Waals surface area contributed by atoms with Crippen molar-refractivity contribution in [2.24, 2.45) is 47.3 Å². The van der Waals surface area contributed by atoms with Crippen molar-refractivity contribution in [2.75, 3.05) is 13.7 Å². The average Bonchev–Trinajstić information content (AvgIpc) is 3.11. The molecule has 4 aliphatic carbocycles. The number of methoxy groups -OCH3 is 1. The third-order valence-corrected chi connectivity index (χ3v) is 8.72. The first-order valence-corrected chi connectivity index (χ1v) is 8.80. The summed E-state index contributed by atoms with van der Waals surface area (Å²) in [5.41, 5.74) is 0. The van der Waals surface area contributed by atoms with E-state index >= 15 is 0 Å². The van der Waals surface area contributed by atoms with Gasteiger partial charge in [-0.3, -0.25) is 4.79 Å². The predicted molar refractivity (Wildman–Crippen MR) is 76.7 cm³/mol. The summed E-state index contributed by atoms with van der Waals surface area (Å²) in [6.07, 6.45) is 3.11. The van der Waals surface area contributed by atoms with Crippen LogP contribution in [0.3, 0.4) is 0 Å². The third-order valence-electron chi connectivity index (χ3n) is 7.09. The average molecular weight is 374 g/mol. The van der Waals surface area contributed by atoms with Crippen LogP contribution in [-0.4, -0.2) is 29.7 Å². The van der Waals surface area contributed by atoms with Crippen molar-refractivity contribution >= 4 is 28.6 Å². The lowest BCUT2D eigenvalue weighted by molar-refractivity contribution is -0.143. The van der Waals surface area contributed by atoms with E-state index in [1.54, 1.807) is 0 Å². The van der Waals surface area contributed by atoms with Crippen LogP contribution < -0.4 is 0 Å². The summed E-state index contributed by atoms with van der Waals surface area (Å²) >= 11 is 2.61. The summed E-state index contributed by atoms with van der Waals surface area (Å²) in [5, 5.41) is 0. The molecule has 0 aromatic carbocycles. The Balaban J connectivity index is 1.54. The van der Waals surface area contributed by atoms with Crippen molar-refractivity contribution in [3.63, 3.8) is 0 Å². The molecule has 10 unspecified atom stereocenters. The molecule has 0 spiro atoms. The van der Waals surface area contributed by atoms with Crippen LogP contribution in [0.2, 0.25) is 0 Å². The monoisotopic (exact) mass is 374 g/mol. The largest absolute Gasteiger partial charge is 0.465 e. The summed E-state index contributed by atoms with van der Waals surface area (Å²) in [4.78, 5) is 12.0. The Morgan fingerprint density at radius 1 is 1.11 bits per heavy atom. The minimum Gasteiger partial charge on any atom is -0.465 e. The van der Waals surface area contributed by atoms with Crippen molar-refractivity contribution in [3.05, 3.63) is 0 Å². The van der Waals surface area contributed by atoms with Gasteiger partial charge in [-0.25, -0.2) is 0 Å². The maximum atomic E-state index is 12.0. The quantitative estimate of drug-likeness (QED) is 0.305. The summed E-state index contributed by atoms with van der Waals surface area (Å²) < 4.78 is 11.8. The second-order valence-electron chi connectivity index (χ2n) is 7.25. The molecule has 0 aromatic rings. The SMILES string of the molecule is COC1C(I)C2CC1C1C3CC(C4C(=O)OCC34)C21. The fourth-order valence-electron chi connectivity index (χ4n) is 6.80. The van der Waals surface area contributed by atoms with Gasteiger partial charge in [-0.2, -0.15) is 0 Å². The van der Waals surface area contributed by atoms with Gasteiger partial charge in [0.25, 0.3) is 0 Å². The van der Waals surface area contributed by atoms with Gasteiger partial charge in [0.05, 0.1) is 18.6 Å². The van der Waals surface area contributed by atoms with E-state index in [2.05, 4.69) is 22.6 Å². The molecule has 19 heavy (non-hydrogen) atoms. The molecule has 4 heteroatoms. The van der Waals surface area contributed by atoms with E-state index in [9.17, 15) is 4.79 Å². The van der Waals surface area contributed by atoms with Crippen molar-refractivity contribution in [3.8, 4) is 0 Å². The lowest BCUT2D eigenvalue weighted by Crippen LogP contribution is -2.46. The van der Waals surface area contributed by atoms with E-state index in [4.69, 9.17) is 9.47 Å². The zero-order valence-electron chi connectivity index (χ0n) is 11.0. The van der Waals surface area contributed by atoms with Crippen LogP contribution in [0.1, 0.15) is 12.8 Å². The van der Waals surface area contributed by atoms with Gasteiger partial charge in [0.15, 0.2) is 0 Å². The first-order valence-electron chi connectivity index (χ1n) is 7.56. The molecule has 0 N–H and O–H groups in total. The molecule has 0 amide bonds. The molecule has 0 radical (unpaired) electrons. The third kappa shape index (κ3) is 1.19. The van der Waals surface area contributed by atoms with E-state index in [1.807, 2.05) is 7.11 Å². The Morgan fingerprint density at radius 2 is 1.84 bits per heavy atom. The molecule has 4 saturated carbocycles. The Bertz CT molecular complexity index is 453. The number of hydrogen-bond donors (Lipinski definition) is 0. The van der Waals surface area contributed by atoms with Crippen LogP contribution in [0.25, 0.3) is 0 Å². The van der Waals surface area contributed by atoms with Gasteiger partial charge in [-0.05, 0) is 48.3 Å². The summed E-state index contributed by atoms with van der Waals surface area (Å²) in [5.74, 6) is 5.50. The molecular weight excluding hydrogens is 355 g/mol. The number of cyclic esters (lactones) is 1. The molecule has 5 aliphatic rings.